The van der Waals surface area contributed by atoms with Gasteiger partial charge in [0.25, 0.3) is 0 Å². The van der Waals surface area contributed by atoms with Crippen molar-refractivity contribution in [2.45, 2.75) is 78.3 Å². The molecule has 2 aromatic carbocycles. The molecule has 1 atom stereocenters. The van der Waals surface area contributed by atoms with E-state index in [1.165, 1.54) is 48.8 Å². The van der Waals surface area contributed by atoms with E-state index in [0.29, 0.717) is 92.2 Å². The molecular formula is C44H55F2N9O6S. The van der Waals surface area contributed by atoms with Gasteiger partial charge in [-0.1, -0.05) is 4.40 Å². The first-order valence-electron chi connectivity index (χ1n) is 20.2. The van der Waals surface area contributed by atoms with Gasteiger partial charge in [-0.2, -0.15) is 0 Å². The molecule has 2 aliphatic heterocycles. The van der Waals surface area contributed by atoms with Crippen LogP contribution in [-0.4, -0.2) is 126 Å². The molecule has 4 heterocycles. The number of nitrogens with zero attached hydrogens (tertiary/aromatic N) is 9. The number of aromatic nitrogens is 4. The summed E-state index contributed by atoms with van der Waals surface area (Å²) in [5.74, 6) is 0.00890. The maximum absolute atomic E-state index is 13.5. The topological polar surface area (TPSA) is 170 Å². The van der Waals surface area contributed by atoms with Crippen molar-refractivity contribution >= 4 is 46.9 Å². The summed E-state index contributed by atoms with van der Waals surface area (Å²) in [5.41, 5.74) is 1.31. The number of benzene rings is 2. The highest BCUT2D eigenvalue weighted by Crippen LogP contribution is 2.22. The van der Waals surface area contributed by atoms with E-state index in [4.69, 9.17) is 9.47 Å². The minimum Gasteiger partial charge on any atom is -0.591 e. The molecule has 2 amide bonds. The largest absolute Gasteiger partial charge is 0.591 e. The molecule has 0 N–H and O–H groups in total. The molecule has 0 saturated carbocycles. The Bertz CT molecular complexity index is 2160. The average molecular weight is 876 g/mol. The molecule has 6 rings (SSSR count). The third-order valence-corrected chi connectivity index (χ3v) is 10.6. The second kappa shape index (κ2) is 20.0. The van der Waals surface area contributed by atoms with Gasteiger partial charge in [0.2, 0.25) is 11.9 Å². The monoisotopic (exact) mass is 875 g/mol. The molecule has 0 aliphatic carbocycles. The van der Waals surface area contributed by atoms with E-state index >= 15 is 0 Å². The van der Waals surface area contributed by atoms with Crippen molar-refractivity contribution in [1.82, 2.24) is 29.7 Å². The summed E-state index contributed by atoms with van der Waals surface area (Å²) in [6.07, 6.45) is 5.54. The number of hydrogen-bond acceptors (Lipinski definition) is 13. The molecule has 2 fully saturated rings. The zero-order chi connectivity index (χ0) is 45.4. The fraction of sp³-hybridized carbons (Fsp3) is 0.455. The predicted octanol–water partition coefficient (Wildman–Crippen LogP) is 6.88. The zero-order valence-corrected chi connectivity index (χ0v) is 37.5. The van der Waals surface area contributed by atoms with Gasteiger partial charge < -0.3 is 33.6 Å². The number of ketones is 1. The van der Waals surface area contributed by atoms with Gasteiger partial charge in [0.15, 0.2) is 5.78 Å². The number of rotatable bonds is 7. The van der Waals surface area contributed by atoms with E-state index in [0.717, 1.165) is 0 Å². The van der Waals surface area contributed by atoms with Crippen molar-refractivity contribution in [3.8, 4) is 0 Å². The lowest BCUT2D eigenvalue weighted by atomic mass is 10.1. The molecule has 0 bridgehead atoms. The van der Waals surface area contributed by atoms with Gasteiger partial charge >= 0.3 is 12.2 Å². The predicted molar refractivity (Wildman–Crippen MR) is 234 cm³/mol. The summed E-state index contributed by atoms with van der Waals surface area (Å²) in [4.78, 5) is 61.6. The summed E-state index contributed by atoms with van der Waals surface area (Å²) in [6, 6.07) is 11.2. The standard InChI is InChI=1S/C24H32FN5O3S.C20H23FN4O3/c1-23(2,3)33-22(31)30-13-11-29(12-14-30)21-26-15-18(16-27-21)20(28-34(32)24(4,5)6)17-7-9-19(25)10-8-17;1-20(2,3)28-19(27)25-10-8-24(9-11-25)18-22-12-15(13-23-18)17(26)14-4-6-16(21)7-5-14/h7-10,15-16H,11-14H2,1-6H3;4-7,12-13H,8-11H2,1-3H3. The van der Waals surface area contributed by atoms with Gasteiger partial charge in [-0.05, 0) is 111 Å². The highest BCUT2D eigenvalue weighted by atomic mass is 32.2. The number of carbonyl (C=O) groups is 3. The summed E-state index contributed by atoms with van der Waals surface area (Å²) in [7, 11) is 0. The van der Waals surface area contributed by atoms with Crippen LogP contribution in [0.2, 0.25) is 0 Å². The van der Waals surface area contributed by atoms with Crippen LogP contribution in [0.5, 0.6) is 0 Å². The van der Waals surface area contributed by atoms with E-state index in [-0.39, 0.29) is 23.8 Å². The fourth-order valence-electron chi connectivity index (χ4n) is 5.91. The van der Waals surface area contributed by atoms with Gasteiger partial charge in [-0.3, -0.25) is 4.79 Å². The van der Waals surface area contributed by atoms with Crippen molar-refractivity contribution in [1.29, 1.82) is 0 Å². The van der Waals surface area contributed by atoms with Gasteiger partial charge in [0.05, 0.1) is 5.56 Å². The van der Waals surface area contributed by atoms with Crippen LogP contribution in [-0.2, 0) is 20.8 Å². The number of amides is 2. The summed E-state index contributed by atoms with van der Waals surface area (Å²) >= 11 is -1.52. The lowest BCUT2D eigenvalue weighted by Gasteiger charge is -2.35. The number of piperazine rings is 2. The number of ether oxygens (including phenoxy) is 2. The Labute approximate surface area is 364 Å². The average Bonchev–Trinajstić information content (AvgIpc) is 3.22. The summed E-state index contributed by atoms with van der Waals surface area (Å²) in [6.45, 7) is 20.9. The van der Waals surface area contributed by atoms with Crippen LogP contribution in [0.25, 0.3) is 0 Å². The fourth-order valence-corrected chi connectivity index (χ4v) is 6.56. The Balaban J connectivity index is 0.000000238. The minimum absolute atomic E-state index is 0.263. The van der Waals surface area contributed by atoms with E-state index in [1.54, 1.807) is 34.3 Å². The lowest BCUT2D eigenvalue weighted by Crippen LogP contribution is -2.50. The van der Waals surface area contributed by atoms with Gasteiger partial charge in [-0.25, -0.2) is 38.3 Å². The van der Waals surface area contributed by atoms with Crippen LogP contribution in [0, 0.1) is 11.6 Å². The molecule has 0 spiro atoms. The van der Waals surface area contributed by atoms with Gasteiger partial charge in [-0.15, -0.1) is 0 Å². The molecule has 2 saturated heterocycles. The van der Waals surface area contributed by atoms with Crippen LogP contribution in [0.15, 0.2) is 77.7 Å². The number of halogens is 2. The first-order valence-corrected chi connectivity index (χ1v) is 21.3. The maximum atomic E-state index is 13.5. The summed E-state index contributed by atoms with van der Waals surface area (Å²) in [5, 5.41) is 0. The second-order valence-electron chi connectivity index (χ2n) is 17.6. The zero-order valence-electron chi connectivity index (χ0n) is 36.7. The Morgan fingerprint density at radius 2 is 0.919 bits per heavy atom. The first kappa shape index (κ1) is 47.3. The van der Waals surface area contributed by atoms with E-state index in [9.17, 15) is 27.7 Å². The molecule has 18 heteroatoms. The highest BCUT2D eigenvalue weighted by Gasteiger charge is 2.30. The van der Waals surface area contributed by atoms with Crippen LogP contribution >= 0.6 is 0 Å². The Morgan fingerprint density at radius 1 is 0.565 bits per heavy atom. The van der Waals surface area contributed by atoms with Crippen LogP contribution < -0.4 is 9.80 Å². The van der Waals surface area contributed by atoms with Gasteiger partial charge in [0.1, 0.15) is 44.7 Å². The highest BCUT2D eigenvalue weighted by molar-refractivity contribution is 7.91. The minimum atomic E-state index is -1.52. The molecule has 15 nitrogen and oxygen atoms in total. The van der Waals surface area contributed by atoms with Crippen molar-refractivity contribution in [2.24, 2.45) is 4.40 Å². The van der Waals surface area contributed by atoms with E-state index in [1.807, 2.05) is 72.1 Å². The summed E-state index contributed by atoms with van der Waals surface area (Å²) < 4.78 is 53.9. The Morgan fingerprint density at radius 3 is 1.27 bits per heavy atom. The van der Waals surface area contributed by atoms with Crippen LogP contribution in [0.1, 0.15) is 89.4 Å². The van der Waals surface area contributed by atoms with E-state index in [2.05, 4.69) is 24.3 Å². The number of hydrogen-bond donors (Lipinski definition) is 0. The SMILES string of the molecule is CC(C)(C)OC(=O)N1CCN(c2ncc(C(=N[S+]([O-])C(C)(C)C)c3ccc(F)cc3)cn2)CC1.CC(C)(C)OC(=O)N1CCN(c2ncc(C(=O)c3ccc(F)cc3)cn2)CC1. The van der Waals surface area contributed by atoms with Crippen molar-refractivity contribution in [3.63, 3.8) is 0 Å². The van der Waals surface area contributed by atoms with Crippen molar-refractivity contribution in [3.05, 3.63) is 107 Å². The third-order valence-electron chi connectivity index (χ3n) is 9.16. The molecule has 4 aromatic rings. The van der Waals surface area contributed by atoms with Crippen molar-refractivity contribution < 1.29 is 37.2 Å². The molecule has 2 aromatic heterocycles. The normalized spacial score (nSPS) is 15.6. The quantitative estimate of drug-likeness (QED) is 0.107. The van der Waals surface area contributed by atoms with Crippen LogP contribution in [0.4, 0.5) is 30.3 Å². The number of carbonyl (C=O) groups excluding carboxylic acids is 3. The maximum Gasteiger partial charge on any atom is 0.410 e. The first-order chi connectivity index (χ1) is 29.1. The lowest BCUT2D eigenvalue weighted by molar-refractivity contribution is 0.0229. The molecule has 332 valence electrons. The molecule has 1 unspecified atom stereocenters. The molecule has 62 heavy (non-hydrogen) atoms. The van der Waals surface area contributed by atoms with E-state index < -0.39 is 33.1 Å². The smallest absolute Gasteiger partial charge is 0.410 e. The third kappa shape index (κ3) is 13.6. The number of anilines is 2. The Kier molecular flexibility index (Phi) is 15.2. The van der Waals surface area contributed by atoms with Gasteiger partial charge in [0, 0.05) is 93.8 Å². The molecular weight excluding hydrogens is 821 g/mol. The van der Waals surface area contributed by atoms with Crippen molar-refractivity contribution in [2.75, 3.05) is 62.2 Å². The second-order valence-corrected chi connectivity index (χ2v) is 19.5. The van der Waals surface area contributed by atoms with Crippen LogP contribution in [0.3, 0.4) is 0 Å². The Hall–Kier alpha value is -5.75. The molecule has 0 radical (unpaired) electrons. The molecule has 2 aliphatic rings.